The Morgan fingerprint density at radius 1 is 1.21 bits per heavy atom. The number of carboxylic acid groups (broad SMARTS) is 1. The molecule has 33 heavy (non-hydrogen) atoms. The van der Waals surface area contributed by atoms with E-state index >= 15 is 0 Å². The maximum absolute atomic E-state index is 14.6. The van der Waals surface area contributed by atoms with Crippen LogP contribution in [0.5, 0.6) is 0 Å². The molecule has 0 fully saturated rings. The van der Waals surface area contributed by atoms with Crippen molar-refractivity contribution in [1.29, 1.82) is 0 Å². The minimum Gasteiger partial charge on any atom is -0.465 e. The Labute approximate surface area is 191 Å². The number of carbonyl (C=O) groups is 2. The fraction of sp³-hybridized carbons (Fsp3) is 0.217. The van der Waals surface area contributed by atoms with Gasteiger partial charge < -0.3 is 15.0 Å². The first-order chi connectivity index (χ1) is 15.6. The molecule has 10 heteroatoms. The minimum absolute atomic E-state index is 0.114. The molecule has 0 aliphatic heterocycles. The summed E-state index contributed by atoms with van der Waals surface area (Å²) in [7, 11) is -0.773. The molecule has 1 amide bonds. The van der Waals surface area contributed by atoms with Gasteiger partial charge in [0.25, 0.3) is 0 Å². The van der Waals surface area contributed by atoms with Gasteiger partial charge in [0.05, 0.1) is 11.4 Å². The van der Waals surface area contributed by atoms with E-state index in [9.17, 15) is 22.4 Å². The first-order valence-electron chi connectivity index (χ1n) is 9.98. The second-order valence-electron chi connectivity index (χ2n) is 7.59. The molecule has 2 N–H and O–H groups in total. The number of carbonyl (C=O) groups excluding carboxylic acids is 1. The van der Waals surface area contributed by atoms with Gasteiger partial charge in [0, 0.05) is 48.4 Å². The quantitative estimate of drug-likeness (QED) is 0.484. The molecule has 0 saturated carbocycles. The number of sulfonamides is 1. The van der Waals surface area contributed by atoms with Gasteiger partial charge in [-0.2, -0.15) is 0 Å². The molecule has 8 nitrogen and oxygen atoms in total. The number of aldehydes is 1. The summed E-state index contributed by atoms with van der Waals surface area (Å²) in [6, 6.07) is 11.5. The lowest BCUT2D eigenvalue weighted by atomic mass is 10.0. The lowest BCUT2D eigenvalue weighted by molar-refractivity contribution is 0.112. The number of nitrogens with one attached hydrogen (secondary N) is 1. The van der Waals surface area contributed by atoms with E-state index in [1.807, 2.05) is 0 Å². The fourth-order valence-electron chi connectivity index (χ4n) is 3.63. The summed E-state index contributed by atoms with van der Waals surface area (Å²) in [4.78, 5) is 22.1. The summed E-state index contributed by atoms with van der Waals surface area (Å²) < 4.78 is 42.7. The van der Waals surface area contributed by atoms with Crippen molar-refractivity contribution in [1.82, 2.24) is 14.2 Å². The van der Waals surface area contributed by atoms with Crippen molar-refractivity contribution < 1.29 is 27.5 Å². The zero-order valence-corrected chi connectivity index (χ0v) is 19.2. The van der Waals surface area contributed by atoms with Crippen LogP contribution in [0.3, 0.4) is 0 Å². The van der Waals surface area contributed by atoms with Gasteiger partial charge in [0.1, 0.15) is 12.1 Å². The number of allylic oxidation sites excluding steroid dienone is 1. The Bertz CT molecular complexity index is 1360. The molecule has 0 radical (unpaired) electrons. The summed E-state index contributed by atoms with van der Waals surface area (Å²) in [6.45, 7) is 1.46. The number of fused-ring (bicyclic) bond motifs is 1. The molecule has 3 aromatic rings. The van der Waals surface area contributed by atoms with E-state index in [1.165, 1.54) is 20.2 Å². The normalized spacial score (nSPS) is 12.3. The van der Waals surface area contributed by atoms with Crippen LogP contribution in [0.15, 0.2) is 59.3 Å². The molecule has 0 saturated heterocycles. The average Bonchev–Trinajstić information content (AvgIpc) is 3.03. The SMILES string of the molecule is Cc1c(-c2cccc(S(=O)(=O)N(C)C)c2)c2cc(C=O)ccc2n1CC(F)=CCNC(=O)O. The molecule has 174 valence electrons. The van der Waals surface area contributed by atoms with E-state index in [0.29, 0.717) is 39.6 Å². The monoisotopic (exact) mass is 473 g/mol. The van der Waals surface area contributed by atoms with Crippen LogP contribution in [0, 0.1) is 6.92 Å². The highest BCUT2D eigenvalue weighted by Gasteiger charge is 2.21. The number of hydrogen-bond acceptors (Lipinski definition) is 4. The lowest BCUT2D eigenvalue weighted by Crippen LogP contribution is -2.22. The molecule has 0 bridgehead atoms. The summed E-state index contributed by atoms with van der Waals surface area (Å²) >= 11 is 0. The zero-order chi connectivity index (χ0) is 24.3. The van der Waals surface area contributed by atoms with E-state index in [-0.39, 0.29) is 18.0 Å². The van der Waals surface area contributed by atoms with Gasteiger partial charge in [-0.25, -0.2) is 21.9 Å². The van der Waals surface area contributed by atoms with Crippen LogP contribution >= 0.6 is 0 Å². The minimum atomic E-state index is -3.67. The van der Waals surface area contributed by atoms with Crippen molar-refractivity contribution in [2.75, 3.05) is 20.6 Å². The molecule has 1 heterocycles. The highest BCUT2D eigenvalue weighted by Crippen LogP contribution is 2.36. The topological polar surface area (TPSA) is 109 Å². The Kier molecular flexibility index (Phi) is 6.99. The molecule has 0 unspecified atom stereocenters. The maximum Gasteiger partial charge on any atom is 0.404 e. The van der Waals surface area contributed by atoms with Gasteiger partial charge in [-0.1, -0.05) is 12.1 Å². The summed E-state index contributed by atoms with van der Waals surface area (Å²) in [5.41, 5.74) is 3.05. The third-order valence-electron chi connectivity index (χ3n) is 5.27. The smallest absolute Gasteiger partial charge is 0.404 e. The maximum atomic E-state index is 14.6. The predicted molar refractivity (Wildman–Crippen MR) is 124 cm³/mol. The van der Waals surface area contributed by atoms with Gasteiger partial charge in [-0.15, -0.1) is 0 Å². The van der Waals surface area contributed by atoms with Crippen LogP contribution in [-0.4, -0.2) is 55.4 Å². The fourth-order valence-corrected chi connectivity index (χ4v) is 4.58. The third kappa shape index (κ3) is 4.96. The highest BCUT2D eigenvalue weighted by atomic mass is 32.2. The zero-order valence-electron chi connectivity index (χ0n) is 18.4. The van der Waals surface area contributed by atoms with Crippen LogP contribution in [0.1, 0.15) is 16.1 Å². The van der Waals surface area contributed by atoms with Crippen molar-refractivity contribution in [3.05, 3.63) is 65.6 Å². The first kappa shape index (κ1) is 24.1. The molecular weight excluding hydrogens is 449 g/mol. The molecule has 2 aromatic carbocycles. The van der Waals surface area contributed by atoms with Gasteiger partial charge in [0.15, 0.2) is 0 Å². The Balaban J connectivity index is 2.18. The second-order valence-corrected chi connectivity index (χ2v) is 9.75. The molecule has 0 atom stereocenters. The first-order valence-corrected chi connectivity index (χ1v) is 11.4. The number of benzene rings is 2. The molecule has 0 aliphatic carbocycles. The summed E-state index contributed by atoms with van der Waals surface area (Å²) in [5.74, 6) is -0.543. The van der Waals surface area contributed by atoms with Crippen LogP contribution < -0.4 is 5.32 Å². The van der Waals surface area contributed by atoms with Crippen molar-refractivity contribution in [3.63, 3.8) is 0 Å². The van der Waals surface area contributed by atoms with Crippen molar-refractivity contribution in [2.24, 2.45) is 0 Å². The molecular formula is C23H24FN3O5S. The number of amides is 1. The van der Waals surface area contributed by atoms with E-state index in [4.69, 9.17) is 5.11 Å². The van der Waals surface area contributed by atoms with Gasteiger partial charge >= 0.3 is 6.09 Å². The van der Waals surface area contributed by atoms with Crippen LogP contribution in [0.4, 0.5) is 9.18 Å². The Morgan fingerprint density at radius 3 is 2.58 bits per heavy atom. The Hall–Kier alpha value is -3.50. The van der Waals surface area contributed by atoms with Crippen molar-refractivity contribution in [2.45, 2.75) is 18.4 Å². The largest absolute Gasteiger partial charge is 0.465 e. The third-order valence-corrected chi connectivity index (χ3v) is 7.08. The lowest BCUT2D eigenvalue weighted by Gasteiger charge is -2.13. The summed E-state index contributed by atoms with van der Waals surface area (Å²) in [5, 5.41) is 11.4. The number of aromatic nitrogens is 1. The molecule has 0 aliphatic rings. The van der Waals surface area contributed by atoms with Gasteiger partial charge in [-0.3, -0.25) is 4.79 Å². The number of rotatable bonds is 8. The molecule has 1 aromatic heterocycles. The van der Waals surface area contributed by atoms with E-state index in [2.05, 4.69) is 5.32 Å². The standard InChI is InChI=1S/C23H24FN3O5S/c1-15-22(17-5-4-6-19(12-17)33(31,32)26(2)3)20-11-16(14-28)7-8-21(20)27(15)13-18(24)9-10-25-23(29)30/h4-9,11-12,14,25H,10,13H2,1-3H3,(H,29,30). The van der Waals surface area contributed by atoms with Crippen LogP contribution in [0.2, 0.25) is 0 Å². The average molecular weight is 474 g/mol. The highest BCUT2D eigenvalue weighted by molar-refractivity contribution is 7.89. The van der Waals surface area contributed by atoms with Crippen LogP contribution in [0.25, 0.3) is 22.0 Å². The van der Waals surface area contributed by atoms with Crippen molar-refractivity contribution in [3.8, 4) is 11.1 Å². The molecule has 0 spiro atoms. The number of halogens is 1. The summed E-state index contributed by atoms with van der Waals surface area (Å²) in [6.07, 6.45) is 0.599. The number of hydrogen-bond donors (Lipinski definition) is 2. The van der Waals surface area contributed by atoms with E-state index in [1.54, 1.807) is 47.9 Å². The van der Waals surface area contributed by atoms with Gasteiger partial charge in [0.2, 0.25) is 10.0 Å². The second kappa shape index (κ2) is 9.55. The van der Waals surface area contributed by atoms with Gasteiger partial charge in [-0.05, 0) is 48.9 Å². The molecule has 3 rings (SSSR count). The van der Waals surface area contributed by atoms with E-state index < -0.39 is 21.9 Å². The van der Waals surface area contributed by atoms with Crippen LogP contribution in [-0.2, 0) is 16.6 Å². The number of nitrogens with zero attached hydrogens (tertiary/aromatic N) is 2. The predicted octanol–water partition coefficient (Wildman–Crippen LogP) is 3.80. The van der Waals surface area contributed by atoms with Crippen molar-refractivity contribution >= 4 is 33.3 Å². The Morgan fingerprint density at radius 2 is 1.94 bits per heavy atom. The van der Waals surface area contributed by atoms with E-state index in [0.717, 1.165) is 10.4 Å².